The standard InChI is InChI=1S/C18H19N5O/c1-18(2,3)23-17(24)22-16-13(15-6-4-5-8-20-15)10-12-11-19-9-7-14(12)21-16/h4-11H,1-3H3,(H2,21,22,23,24). The minimum absolute atomic E-state index is 0.305. The Morgan fingerprint density at radius 1 is 1.12 bits per heavy atom. The van der Waals surface area contributed by atoms with E-state index in [0.717, 1.165) is 22.2 Å². The molecule has 2 N–H and O–H groups in total. The fraction of sp³-hybridized carbons (Fsp3) is 0.222. The van der Waals surface area contributed by atoms with Gasteiger partial charge in [-0.2, -0.15) is 0 Å². The third kappa shape index (κ3) is 3.65. The number of rotatable bonds is 2. The number of urea groups is 1. The Morgan fingerprint density at radius 3 is 2.67 bits per heavy atom. The summed E-state index contributed by atoms with van der Waals surface area (Å²) in [6, 6.07) is 9.06. The van der Waals surface area contributed by atoms with Gasteiger partial charge in [-0.1, -0.05) is 6.07 Å². The molecule has 3 rings (SSSR count). The van der Waals surface area contributed by atoms with E-state index in [1.54, 1.807) is 18.6 Å². The van der Waals surface area contributed by atoms with Gasteiger partial charge in [0, 0.05) is 35.1 Å². The summed E-state index contributed by atoms with van der Waals surface area (Å²) in [6.07, 6.45) is 5.13. The number of amides is 2. The van der Waals surface area contributed by atoms with Crippen molar-refractivity contribution in [2.75, 3.05) is 5.32 Å². The van der Waals surface area contributed by atoms with E-state index in [1.165, 1.54) is 0 Å². The molecule has 0 saturated carbocycles. The molecule has 122 valence electrons. The Morgan fingerprint density at radius 2 is 1.96 bits per heavy atom. The predicted octanol–water partition coefficient (Wildman–Crippen LogP) is 3.61. The first kappa shape index (κ1) is 15.9. The van der Waals surface area contributed by atoms with E-state index < -0.39 is 0 Å². The molecule has 6 heteroatoms. The van der Waals surface area contributed by atoms with Gasteiger partial charge in [0.05, 0.1) is 11.2 Å². The number of carbonyl (C=O) groups is 1. The molecule has 0 bridgehead atoms. The third-order valence-corrected chi connectivity index (χ3v) is 3.28. The average molecular weight is 321 g/mol. The molecular formula is C18H19N5O. The zero-order valence-electron chi connectivity index (χ0n) is 13.9. The van der Waals surface area contributed by atoms with Crippen molar-refractivity contribution in [3.05, 3.63) is 48.9 Å². The van der Waals surface area contributed by atoms with Gasteiger partial charge >= 0.3 is 6.03 Å². The van der Waals surface area contributed by atoms with E-state index in [2.05, 4.69) is 25.6 Å². The van der Waals surface area contributed by atoms with Crippen molar-refractivity contribution in [2.24, 2.45) is 0 Å². The number of hydrogen-bond donors (Lipinski definition) is 2. The number of nitrogens with zero attached hydrogens (tertiary/aromatic N) is 3. The summed E-state index contributed by atoms with van der Waals surface area (Å²) >= 11 is 0. The van der Waals surface area contributed by atoms with Gasteiger partial charge in [-0.25, -0.2) is 9.78 Å². The zero-order valence-corrected chi connectivity index (χ0v) is 13.9. The maximum atomic E-state index is 12.3. The van der Waals surface area contributed by atoms with Gasteiger partial charge in [0.15, 0.2) is 0 Å². The first-order valence-corrected chi connectivity index (χ1v) is 7.68. The molecule has 0 aliphatic rings. The summed E-state index contributed by atoms with van der Waals surface area (Å²) in [6.45, 7) is 5.77. The number of pyridine rings is 3. The lowest BCUT2D eigenvalue weighted by atomic mass is 10.1. The molecule has 24 heavy (non-hydrogen) atoms. The summed E-state index contributed by atoms with van der Waals surface area (Å²) < 4.78 is 0. The third-order valence-electron chi connectivity index (χ3n) is 3.28. The molecular weight excluding hydrogens is 302 g/mol. The highest BCUT2D eigenvalue weighted by Gasteiger charge is 2.17. The molecule has 0 unspecified atom stereocenters. The molecule has 0 saturated heterocycles. The van der Waals surface area contributed by atoms with Crippen LogP contribution in [-0.4, -0.2) is 26.5 Å². The van der Waals surface area contributed by atoms with E-state index in [0.29, 0.717) is 5.82 Å². The highest BCUT2D eigenvalue weighted by atomic mass is 16.2. The van der Waals surface area contributed by atoms with Crippen molar-refractivity contribution < 1.29 is 4.79 Å². The van der Waals surface area contributed by atoms with Crippen molar-refractivity contribution in [2.45, 2.75) is 26.3 Å². The number of aromatic nitrogens is 3. The van der Waals surface area contributed by atoms with Crippen molar-refractivity contribution in [3.63, 3.8) is 0 Å². The predicted molar refractivity (Wildman–Crippen MR) is 94.7 cm³/mol. The Bertz CT molecular complexity index is 871. The van der Waals surface area contributed by atoms with Crippen LogP contribution in [0.1, 0.15) is 20.8 Å². The van der Waals surface area contributed by atoms with Gasteiger partial charge in [-0.05, 0) is 45.0 Å². The molecule has 3 aromatic heterocycles. The van der Waals surface area contributed by atoms with Crippen LogP contribution >= 0.6 is 0 Å². The topological polar surface area (TPSA) is 79.8 Å². The second-order valence-corrected chi connectivity index (χ2v) is 6.50. The Labute approximate surface area is 140 Å². The largest absolute Gasteiger partial charge is 0.333 e. The molecule has 0 fully saturated rings. The maximum Gasteiger partial charge on any atom is 0.320 e. The van der Waals surface area contributed by atoms with Gasteiger partial charge in [0.1, 0.15) is 5.82 Å². The Kier molecular flexibility index (Phi) is 4.12. The van der Waals surface area contributed by atoms with E-state index in [-0.39, 0.29) is 11.6 Å². The van der Waals surface area contributed by atoms with Gasteiger partial charge in [-0.15, -0.1) is 0 Å². The maximum absolute atomic E-state index is 12.3. The first-order valence-electron chi connectivity index (χ1n) is 7.68. The molecule has 0 aromatic carbocycles. The minimum Gasteiger partial charge on any atom is -0.333 e. The van der Waals surface area contributed by atoms with E-state index in [9.17, 15) is 4.79 Å². The SMILES string of the molecule is CC(C)(C)NC(=O)Nc1nc2ccncc2cc1-c1ccccn1. The summed E-state index contributed by atoms with van der Waals surface area (Å²) in [5.74, 6) is 0.467. The van der Waals surface area contributed by atoms with Crippen molar-refractivity contribution in [1.82, 2.24) is 20.3 Å². The van der Waals surface area contributed by atoms with Crippen LogP contribution in [0.15, 0.2) is 48.9 Å². The lowest BCUT2D eigenvalue weighted by molar-refractivity contribution is 0.243. The van der Waals surface area contributed by atoms with Crippen LogP contribution in [0, 0.1) is 0 Å². The van der Waals surface area contributed by atoms with Crippen LogP contribution in [0.3, 0.4) is 0 Å². The fourth-order valence-electron chi connectivity index (χ4n) is 2.31. The minimum atomic E-state index is -0.337. The number of nitrogens with one attached hydrogen (secondary N) is 2. The summed E-state index contributed by atoms with van der Waals surface area (Å²) in [5, 5.41) is 6.60. The Balaban J connectivity index is 2.05. The highest BCUT2D eigenvalue weighted by Crippen LogP contribution is 2.28. The van der Waals surface area contributed by atoms with Crippen molar-refractivity contribution in [3.8, 4) is 11.3 Å². The second-order valence-electron chi connectivity index (χ2n) is 6.50. The second kappa shape index (κ2) is 6.23. The van der Waals surface area contributed by atoms with Gasteiger partial charge in [-0.3, -0.25) is 15.3 Å². The highest BCUT2D eigenvalue weighted by molar-refractivity contribution is 5.96. The fourth-order valence-corrected chi connectivity index (χ4v) is 2.31. The van der Waals surface area contributed by atoms with E-state index >= 15 is 0 Å². The monoisotopic (exact) mass is 321 g/mol. The Hall–Kier alpha value is -3.02. The summed E-state index contributed by atoms with van der Waals surface area (Å²) in [5.41, 5.74) is 1.91. The molecule has 6 nitrogen and oxygen atoms in total. The van der Waals surface area contributed by atoms with Crippen LogP contribution in [0.5, 0.6) is 0 Å². The number of hydrogen-bond acceptors (Lipinski definition) is 4. The van der Waals surface area contributed by atoms with Crippen molar-refractivity contribution >= 4 is 22.8 Å². The molecule has 3 aromatic rings. The number of carbonyl (C=O) groups excluding carboxylic acids is 1. The normalized spacial score (nSPS) is 11.3. The quantitative estimate of drug-likeness (QED) is 0.755. The molecule has 0 spiro atoms. The smallest absolute Gasteiger partial charge is 0.320 e. The summed E-state index contributed by atoms with van der Waals surface area (Å²) in [4.78, 5) is 25.3. The lowest BCUT2D eigenvalue weighted by Crippen LogP contribution is -2.43. The van der Waals surface area contributed by atoms with Crippen LogP contribution in [0.2, 0.25) is 0 Å². The van der Waals surface area contributed by atoms with E-state index in [4.69, 9.17) is 0 Å². The molecule has 0 aliphatic carbocycles. The zero-order chi connectivity index (χ0) is 17.2. The first-order chi connectivity index (χ1) is 11.4. The summed E-state index contributed by atoms with van der Waals surface area (Å²) in [7, 11) is 0. The van der Waals surface area contributed by atoms with Crippen LogP contribution in [0.4, 0.5) is 10.6 Å². The number of fused-ring (bicyclic) bond motifs is 1. The van der Waals surface area contributed by atoms with Crippen LogP contribution < -0.4 is 10.6 Å². The van der Waals surface area contributed by atoms with Crippen molar-refractivity contribution in [1.29, 1.82) is 0 Å². The molecule has 0 aliphatic heterocycles. The molecule has 0 atom stereocenters. The number of anilines is 1. The molecule has 3 heterocycles. The molecule has 2 amide bonds. The lowest BCUT2D eigenvalue weighted by Gasteiger charge is -2.21. The van der Waals surface area contributed by atoms with Gasteiger partial charge in [0.2, 0.25) is 0 Å². The van der Waals surface area contributed by atoms with Gasteiger partial charge in [0.25, 0.3) is 0 Å². The van der Waals surface area contributed by atoms with Crippen LogP contribution in [0.25, 0.3) is 22.2 Å². The van der Waals surface area contributed by atoms with Gasteiger partial charge < -0.3 is 5.32 Å². The van der Waals surface area contributed by atoms with E-state index in [1.807, 2.05) is 51.1 Å². The average Bonchev–Trinajstić information content (AvgIpc) is 2.53. The van der Waals surface area contributed by atoms with Crippen LogP contribution in [-0.2, 0) is 0 Å². The molecule has 0 radical (unpaired) electrons.